The lowest BCUT2D eigenvalue weighted by molar-refractivity contribution is -0.137. The molecule has 0 radical (unpaired) electrons. The lowest BCUT2D eigenvalue weighted by atomic mass is 9.86. The number of hydrogen-bond donors (Lipinski definition) is 1. The highest BCUT2D eigenvalue weighted by Crippen LogP contribution is 2.29. The zero-order valence-corrected chi connectivity index (χ0v) is 15.3. The Balaban J connectivity index is 1.69. The summed E-state index contributed by atoms with van der Waals surface area (Å²) in [4.78, 5) is 18.3. The molecule has 1 aromatic rings. The molecule has 0 unspecified atom stereocenters. The van der Waals surface area contributed by atoms with Crippen molar-refractivity contribution in [2.24, 2.45) is 5.92 Å². The molecular formula is C18H29N5O2. The molecular weight excluding hydrogens is 318 g/mol. The van der Waals surface area contributed by atoms with Gasteiger partial charge in [-0.1, -0.05) is 0 Å². The third kappa shape index (κ3) is 4.67. The third-order valence-electron chi connectivity index (χ3n) is 5.54. The topological polar surface area (TPSA) is 72.8 Å². The third-order valence-corrected chi connectivity index (χ3v) is 5.54. The smallest absolute Gasteiger partial charge is 0.303 e. The normalized spacial score (nSPS) is 25.9. The number of piperazine rings is 1. The maximum absolute atomic E-state index is 11.1. The molecule has 7 nitrogen and oxygen atoms in total. The van der Waals surface area contributed by atoms with E-state index in [1.807, 2.05) is 19.1 Å². The number of rotatable bonds is 5. The van der Waals surface area contributed by atoms with Crippen molar-refractivity contribution in [1.82, 2.24) is 20.0 Å². The van der Waals surface area contributed by atoms with Gasteiger partial charge in [-0.05, 0) is 44.9 Å². The molecule has 0 aromatic carbocycles. The minimum absolute atomic E-state index is 0.238. The van der Waals surface area contributed by atoms with Crippen molar-refractivity contribution in [3.8, 4) is 0 Å². The van der Waals surface area contributed by atoms with E-state index in [0.29, 0.717) is 12.0 Å². The van der Waals surface area contributed by atoms with Gasteiger partial charge in [0.05, 0.1) is 5.69 Å². The highest BCUT2D eigenvalue weighted by Gasteiger charge is 2.35. The predicted molar refractivity (Wildman–Crippen MR) is 96.8 cm³/mol. The fraction of sp³-hybridized carbons (Fsp3) is 0.722. The van der Waals surface area contributed by atoms with E-state index in [4.69, 9.17) is 5.11 Å². The Morgan fingerprint density at radius 2 is 1.96 bits per heavy atom. The van der Waals surface area contributed by atoms with Crippen LogP contribution in [0.3, 0.4) is 0 Å². The molecule has 2 atom stereocenters. The number of piperidine rings is 1. The number of nitrogens with zero attached hydrogens (tertiary/aromatic N) is 5. The molecule has 138 valence electrons. The molecule has 0 spiro atoms. The predicted octanol–water partition coefficient (Wildman–Crippen LogP) is 1.09. The SMILES string of the molecule is Cc1ccc(N2CC[C@@H](N3CCN(C)CC3)[C@@H](CCC(=O)O)C2)nn1. The van der Waals surface area contributed by atoms with Crippen LogP contribution in [-0.2, 0) is 4.79 Å². The first-order valence-corrected chi connectivity index (χ1v) is 9.22. The number of carboxylic acid groups (broad SMARTS) is 1. The lowest BCUT2D eigenvalue weighted by Gasteiger charge is -2.46. The van der Waals surface area contributed by atoms with Crippen LogP contribution in [0.15, 0.2) is 12.1 Å². The number of carbonyl (C=O) groups is 1. The molecule has 2 fully saturated rings. The molecule has 0 bridgehead atoms. The van der Waals surface area contributed by atoms with Gasteiger partial charge in [-0.15, -0.1) is 5.10 Å². The summed E-state index contributed by atoms with van der Waals surface area (Å²) < 4.78 is 0. The number of carboxylic acids is 1. The second kappa shape index (κ2) is 8.10. The summed E-state index contributed by atoms with van der Waals surface area (Å²) in [5.41, 5.74) is 0.915. The van der Waals surface area contributed by atoms with Gasteiger partial charge in [0, 0.05) is 51.7 Å². The average molecular weight is 347 g/mol. The quantitative estimate of drug-likeness (QED) is 0.855. The van der Waals surface area contributed by atoms with E-state index >= 15 is 0 Å². The molecule has 0 saturated carbocycles. The van der Waals surface area contributed by atoms with Gasteiger partial charge in [0.25, 0.3) is 0 Å². The Kier molecular flexibility index (Phi) is 5.86. The number of aromatic nitrogens is 2. The molecule has 0 aliphatic carbocycles. The first-order valence-electron chi connectivity index (χ1n) is 9.22. The van der Waals surface area contributed by atoms with E-state index in [1.165, 1.54) is 0 Å². The Hall–Kier alpha value is -1.73. The molecule has 7 heteroatoms. The van der Waals surface area contributed by atoms with Gasteiger partial charge >= 0.3 is 5.97 Å². The maximum atomic E-state index is 11.1. The van der Waals surface area contributed by atoms with Gasteiger partial charge in [-0.2, -0.15) is 5.10 Å². The molecule has 2 aliphatic heterocycles. The van der Waals surface area contributed by atoms with E-state index < -0.39 is 5.97 Å². The second-order valence-electron chi connectivity index (χ2n) is 7.37. The van der Waals surface area contributed by atoms with Crippen LogP contribution in [0.2, 0.25) is 0 Å². The van der Waals surface area contributed by atoms with E-state index in [0.717, 1.165) is 63.6 Å². The summed E-state index contributed by atoms with van der Waals surface area (Å²) in [5, 5.41) is 17.6. The Morgan fingerprint density at radius 1 is 1.20 bits per heavy atom. The van der Waals surface area contributed by atoms with Crippen molar-refractivity contribution in [3.05, 3.63) is 17.8 Å². The molecule has 0 amide bonds. The van der Waals surface area contributed by atoms with E-state index in [1.54, 1.807) is 0 Å². The van der Waals surface area contributed by atoms with Crippen molar-refractivity contribution in [3.63, 3.8) is 0 Å². The summed E-state index contributed by atoms with van der Waals surface area (Å²) in [6.45, 7) is 8.10. The largest absolute Gasteiger partial charge is 0.481 e. The monoisotopic (exact) mass is 347 g/mol. The zero-order valence-electron chi connectivity index (χ0n) is 15.3. The lowest BCUT2D eigenvalue weighted by Crippen LogP contribution is -2.56. The maximum Gasteiger partial charge on any atom is 0.303 e. The Morgan fingerprint density at radius 3 is 2.60 bits per heavy atom. The van der Waals surface area contributed by atoms with E-state index in [-0.39, 0.29) is 6.42 Å². The summed E-state index contributed by atoms with van der Waals surface area (Å²) in [5.74, 6) is 0.559. The fourth-order valence-corrected chi connectivity index (χ4v) is 4.02. The Labute approximate surface area is 149 Å². The summed E-state index contributed by atoms with van der Waals surface area (Å²) >= 11 is 0. The Bertz CT molecular complexity index is 571. The number of anilines is 1. The highest BCUT2D eigenvalue weighted by molar-refractivity contribution is 5.66. The van der Waals surface area contributed by atoms with Crippen LogP contribution in [0.1, 0.15) is 25.0 Å². The van der Waals surface area contributed by atoms with Crippen LogP contribution < -0.4 is 4.90 Å². The summed E-state index contributed by atoms with van der Waals surface area (Å²) in [7, 11) is 2.16. The molecule has 1 N–H and O–H groups in total. The molecule has 2 aliphatic rings. The van der Waals surface area contributed by atoms with Crippen molar-refractivity contribution in [2.45, 2.75) is 32.2 Å². The zero-order chi connectivity index (χ0) is 17.8. The number of hydrogen-bond acceptors (Lipinski definition) is 6. The standard InChI is InChI=1S/C18H29N5O2/c1-14-3-5-17(20-19-14)23-8-7-16(15(13-23)4-6-18(24)25)22-11-9-21(2)10-12-22/h3,5,15-16H,4,6-13H2,1-2H3,(H,24,25)/t15-,16+/m0/s1. The highest BCUT2D eigenvalue weighted by atomic mass is 16.4. The van der Waals surface area contributed by atoms with Crippen LogP contribution in [0.5, 0.6) is 0 Å². The molecule has 3 heterocycles. The van der Waals surface area contributed by atoms with Gasteiger partial charge < -0.3 is 14.9 Å². The minimum atomic E-state index is -0.704. The van der Waals surface area contributed by atoms with Crippen LogP contribution in [0, 0.1) is 12.8 Å². The molecule has 2 saturated heterocycles. The van der Waals surface area contributed by atoms with Crippen LogP contribution in [0.4, 0.5) is 5.82 Å². The van der Waals surface area contributed by atoms with Crippen molar-refractivity contribution in [1.29, 1.82) is 0 Å². The molecule has 3 rings (SSSR count). The van der Waals surface area contributed by atoms with Crippen molar-refractivity contribution in [2.75, 3.05) is 51.2 Å². The molecule has 25 heavy (non-hydrogen) atoms. The average Bonchev–Trinajstić information content (AvgIpc) is 2.61. The fourth-order valence-electron chi connectivity index (χ4n) is 4.02. The summed E-state index contributed by atoms with van der Waals surface area (Å²) in [6.07, 6.45) is 2.02. The number of aryl methyl sites for hydroxylation is 1. The second-order valence-corrected chi connectivity index (χ2v) is 7.37. The van der Waals surface area contributed by atoms with Gasteiger partial charge in [0.15, 0.2) is 5.82 Å². The minimum Gasteiger partial charge on any atom is -0.481 e. The van der Waals surface area contributed by atoms with Gasteiger partial charge in [0.1, 0.15) is 0 Å². The van der Waals surface area contributed by atoms with Crippen LogP contribution >= 0.6 is 0 Å². The summed E-state index contributed by atoms with van der Waals surface area (Å²) in [6, 6.07) is 4.48. The van der Waals surface area contributed by atoms with Gasteiger partial charge in [-0.3, -0.25) is 9.69 Å². The van der Waals surface area contributed by atoms with Crippen LogP contribution in [0.25, 0.3) is 0 Å². The number of aliphatic carboxylic acids is 1. The van der Waals surface area contributed by atoms with Crippen molar-refractivity contribution >= 4 is 11.8 Å². The van der Waals surface area contributed by atoms with Gasteiger partial charge in [-0.25, -0.2) is 0 Å². The van der Waals surface area contributed by atoms with Crippen molar-refractivity contribution < 1.29 is 9.90 Å². The number of likely N-dealkylation sites (N-methyl/N-ethyl adjacent to an activating group) is 1. The van der Waals surface area contributed by atoms with E-state index in [2.05, 4.69) is 31.9 Å². The first-order chi connectivity index (χ1) is 12.0. The van der Waals surface area contributed by atoms with E-state index in [9.17, 15) is 4.79 Å². The van der Waals surface area contributed by atoms with Gasteiger partial charge in [0.2, 0.25) is 0 Å². The van der Waals surface area contributed by atoms with Crippen LogP contribution in [-0.4, -0.2) is 83.4 Å². The first kappa shape index (κ1) is 18.1. The molecule has 1 aromatic heterocycles.